The minimum absolute atomic E-state index is 0.0244. The van der Waals surface area contributed by atoms with Crippen LogP contribution >= 0.6 is 0 Å². The molecule has 5 aliphatic carbocycles. The van der Waals surface area contributed by atoms with Crippen LogP contribution in [0.3, 0.4) is 0 Å². The van der Waals surface area contributed by atoms with Gasteiger partial charge in [0.15, 0.2) is 0 Å². The van der Waals surface area contributed by atoms with Crippen molar-refractivity contribution < 1.29 is 19.7 Å². The molecule has 0 amide bonds. The Hall–Kier alpha value is -1.39. The van der Waals surface area contributed by atoms with E-state index in [0.29, 0.717) is 36.2 Å². The first kappa shape index (κ1) is 30.1. The molecule has 2 N–H and O–H groups in total. The highest BCUT2D eigenvalue weighted by molar-refractivity contribution is 5.78. The summed E-state index contributed by atoms with van der Waals surface area (Å²) in [5.74, 6) is 2.10. The van der Waals surface area contributed by atoms with Crippen molar-refractivity contribution >= 4 is 5.97 Å². The molecule has 0 heterocycles. The van der Waals surface area contributed by atoms with Crippen molar-refractivity contribution in [3.8, 4) is 0 Å². The lowest BCUT2D eigenvalue weighted by atomic mass is 9.32. The third-order valence-corrected chi connectivity index (χ3v) is 14.3. The minimum Gasteiger partial charge on any atom is -0.461 e. The van der Waals surface area contributed by atoms with Crippen LogP contribution in [-0.2, 0) is 9.53 Å². The number of carbonyl (C=O) groups is 1. The number of rotatable bonds is 6. The summed E-state index contributed by atoms with van der Waals surface area (Å²) in [5.41, 5.74) is 0.862. The van der Waals surface area contributed by atoms with Gasteiger partial charge in [-0.2, -0.15) is 0 Å². The number of aliphatic hydroxyl groups excluding tert-OH is 2. The van der Waals surface area contributed by atoms with Crippen molar-refractivity contribution in [3.05, 3.63) is 36.5 Å². The molecule has 0 radical (unpaired) electrons. The number of fused-ring (bicyclic) bond motifs is 7. The van der Waals surface area contributed by atoms with Crippen molar-refractivity contribution in [2.45, 2.75) is 112 Å². The average molecular weight is 553 g/mol. The summed E-state index contributed by atoms with van der Waals surface area (Å²) < 4.78 is 6.00. The van der Waals surface area contributed by atoms with Gasteiger partial charge in [-0.05, 0) is 130 Å². The number of allylic oxidation sites excluding steroid dienone is 4. The summed E-state index contributed by atoms with van der Waals surface area (Å²) in [6, 6.07) is 0. The van der Waals surface area contributed by atoms with Gasteiger partial charge in [0.2, 0.25) is 0 Å². The molecule has 4 nitrogen and oxygen atoms in total. The quantitative estimate of drug-likeness (QED) is 0.202. The first-order valence-corrected chi connectivity index (χ1v) is 16.2. The van der Waals surface area contributed by atoms with Crippen LogP contribution in [0.25, 0.3) is 0 Å². The molecule has 0 spiro atoms. The molecule has 11 atom stereocenters. The van der Waals surface area contributed by atoms with E-state index in [1.165, 1.54) is 12.0 Å². The van der Waals surface area contributed by atoms with Crippen molar-refractivity contribution in [1.29, 1.82) is 0 Å². The zero-order chi connectivity index (χ0) is 29.1. The molecule has 5 saturated carbocycles. The van der Waals surface area contributed by atoms with Gasteiger partial charge in [-0.25, -0.2) is 0 Å². The molecule has 0 aromatic carbocycles. The molecule has 0 aromatic heterocycles. The van der Waals surface area contributed by atoms with E-state index < -0.39 is 16.9 Å². The predicted molar refractivity (Wildman–Crippen MR) is 161 cm³/mol. The molecule has 0 aliphatic heterocycles. The molecular weight excluding hydrogens is 496 g/mol. The summed E-state index contributed by atoms with van der Waals surface area (Å²) in [6.07, 6.45) is 17.8. The summed E-state index contributed by atoms with van der Waals surface area (Å²) >= 11 is 0. The zero-order valence-electron chi connectivity index (χ0n) is 26.2. The summed E-state index contributed by atoms with van der Waals surface area (Å²) in [7, 11) is 0. The number of esters is 1. The standard InChI is InChI=1S/C36H56O4/c1-8-9-10-11-22-40-31(39)36-19-14-25(24(2)3)30(36)26-12-13-28-32(4)17-16-29(38)33(5,23-37)27(32)15-18-35(28,7)34(26,6)20-21-36/h8-11,25-30,37-38H,2,12-23H2,1,3-7H3/b9-8+,11-10+/t25-,26?,27?,28?,29-,30?,32-,33-,34+,35+,36-/m0/s1. The second-order valence-electron chi connectivity index (χ2n) is 15.6. The predicted octanol–water partition coefficient (Wildman–Crippen LogP) is 7.65. The molecule has 0 saturated heterocycles. The van der Waals surface area contributed by atoms with Gasteiger partial charge in [0.25, 0.3) is 0 Å². The van der Waals surface area contributed by atoms with Crippen LogP contribution < -0.4 is 0 Å². The highest BCUT2D eigenvalue weighted by Crippen LogP contribution is 2.77. The average Bonchev–Trinajstić information content (AvgIpc) is 3.32. The van der Waals surface area contributed by atoms with Crippen LogP contribution in [0.1, 0.15) is 106 Å². The molecule has 4 unspecified atom stereocenters. The van der Waals surface area contributed by atoms with Crippen LogP contribution in [0, 0.1) is 56.7 Å². The Balaban J connectivity index is 1.49. The molecular formula is C36H56O4. The van der Waals surface area contributed by atoms with Crippen LogP contribution in [0.5, 0.6) is 0 Å². The smallest absolute Gasteiger partial charge is 0.312 e. The van der Waals surface area contributed by atoms with Crippen molar-refractivity contribution in [1.82, 2.24) is 0 Å². The molecule has 0 aromatic rings. The Morgan fingerprint density at radius 1 is 0.925 bits per heavy atom. The van der Waals surface area contributed by atoms with Gasteiger partial charge in [-0.15, -0.1) is 0 Å². The van der Waals surface area contributed by atoms with E-state index in [2.05, 4.69) is 41.2 Å². The van der Waals surface area contributed by atoms with Crippen LogP contribution in [0.4, 0.5) is 0 Å². The number of ether oxygens (including phenoxy) is 1. The van der Waals surface area contributed by atoms with Gasteiger partial charge >= 0.3 is 5.97 Å². The van der Waals surface area contributed by atoms with E-state index in [0.717, 1.165) is 57.8 Å². The van der Waals surface area contributed by atoms with E-state index in [1.54, 1.807) is 0 Å². The van der Waals surface area contributed by atoms with E-state index in [1.807, 2.05) is 31.2 Å². The third kappa shape index (κ3) is 4.01. The zero-order valence-corrected chi connectivity index (χ0v) is 26.2. The van der Waals surface area contributed by atoms with E-state index >= 15 is 0 Å². The number of aliphatic hydroxyl groups is 2. The summed E-state index contributed by atoms with van der Waals surface area (Å²) in [4.78, 5) is 14.0. The van der Waals surface area contributed by atoms with E-state index in [-0.39, 0.29) is 28.8 Å². The maximum atomic E-state index is 14.0. The van der Waals surface area contributed by atoms with Gasteiger partial charge in [-0.3, -0.25) is 4.79 Å². The van der Waals surface area contributed by atoms with Gasteiger partial charge in [-0.1, -0.05) is 58.1 Å². The normalized spacial score (nSPS) is 50.2. The van der Waals surface area contributed by atoms with Gasteiger partial charge < -0.3 is 14.9 Å². The SMILES string of the molecule is C=C(C)[C@@H]1CC[C@]2(C(=O)OC/C=C/C=C/C)CC[C@]3(C)C(CCC4[C@@]5(C)CC[C@H](O)[C@@](C)(CO)C5CC[C@]43C)C12. The van der Waals surface area contributed by atoms with Crippen molar-refractivity contribution in [2.75, 3.05) is 13.2 Å². The monoisotopic (exact) mass is 552 g/mol. The van der Waals surface area contributed by atoms with Crippen molar-refractivity contribution in [3.63, 3.8) is 0 Å². The molecule has 40 heavy (non-hydrogen) atoms. The fourth-order valence-electron chi connectivity index (χ4n) is 12.0. The first-order valence-electron chi connectivity index (χ1n) is 16.2. The number of hydrogen-bond donors (Lipinski definition) is 2. The van der Waals surface area contributed by atoms with Crippen LogP contribution in [0.2, 0.25) is 0 Å². The van der Waals surface area contributed by atoms with Gasteiger partial charge in [0.05, 0.1) is 18.1 Å². The molecule has 5 aliphatic rings. The molecule has 224 valence electrons. The lowest BCUT2D eigenvalue weighted by Gasteiger charge is -2.72. The lowest BCUT2D eigenvalue weighted by molar-refractivity contribution is -0.254. The molecule has 0 bridgehead atoms. The van der Waals surface area contributed by atoms with Crippen LogP contribution in [0.15, 0.2) is 36.5 Å². The minimum atomic E-state index is -0.421. The number of carbonyl (C=O) groups excluding carboxylic acids is 1. The van der Waals surface area contributed by atoms with Crippen molar-refractivity contribution in [2.24, 2.45) is 56.7 Å². The number of hydrogen-bond acceptors (Lipinski definition) is 4. The Bertz CT molecular complexity index is 1060. The fourth-order valence-corrected chi connectivity index (χ4v) is 12.0. The Morgan fingerprint density at radius 2 is 1.68 bits per heavy atom. The lowest BCUT2D eigenvalue weighted by Crippen LogP contribution is -2.67. The fraction of sp³-hybridized carbons (Fsp3) is 0.806. The second-order valence-corrected chi connectivity index (χ2v) is 15.6. The first-order chi connectivity index (χ1) is 18.9. The molecule has 4 heteroatoms. The summed E-state index contributed by atoms with van der Waals surface area (Å²) in [6.45, 7) is 18.8. The molecule has 5 rings (SSSR count). The highest BCUT2D eigenvalue weighted by Gasteiger charge is 2.72. The topological polar surface area (TPSA) is 66.8 Å². The Morgan fingerprint density at radius 3 is 2.35 bits per heavy atom. The van der Waals surface area contributed by atoms with Gasteiger partial charge in [0.1, 0.15) is 6.61 Å². The third-order valence-electron chi connectivity index (χ3n) is 14.3. The highest BCUT2D eigenvalue weighted by atomic mass is 16.5. The largest absolute Gasteiger partial charge is 0.461 e. The Kier molecular flexibility index (Phi) is 7.82. The maximum absolute atomic E-state index is 14.0. The molecule has 5 fully saturated rings. The second kappa shape index (κ2) is 10.4. The Labute approximate surface area is 243 Å². The van der Waals surface area contributed by atoms with Gasteiger partial charge in [0, 0.05) is 5.41 Å². The maximum Gasteiger partial charge on any atom is 0.312 e. The van der Waals surface area contributed by atoms with E-state index in [4.69, 9.17) is 4.74 Å². The summed E-state index contributed by atoms with van der Waals surface area (Å²) in [5, 5.41) is 21.6. The van der Waals surface area contributed by atoms with Crippen LogP contribution in [-0.4, -0.2) is 35.5 Å². The van der Waals surface area contributed by atoms with E-state index in [9.17, 15) is 15.0 Å².